The van der Waals surface area contributed by atoms with Gasteiger partial charge in [0.2, 0.25) is 0 Å². The predicted octanol–water partition coefficient (Wildman–Crippen LogP) is 2.77. The normalized spacial score (nSPS) is 15.0. The van der Waals surface area contributed by atoms with Crippen molar-refractivity contribution >= 4 is 23.3 Å². The number of anilines is 2. The second-order valence-electron chi connectivity index (χ2n) is 7.09. The lowest BCUT2D eigenvalue weighted by atomic mass is 10.1. The number of aromatic carboxylic acids is 1. The van der Waals surface area contributed by atoms with Crippen LogP contribution < -0.4 is 10.2 Å². The lowest BCUT2D eigenvalue weighted by Crippen LogP contribution is -2.47. The number of hydrogen-bond donors (Lipinski definition) is 3. The first-order chi connectivity index (χ1) is 14.7. The van der Waals surface area contributed by atoms with Crippen LogP contribution in [0, 0.1) is 0 Å². The van der Waals surface area contributed by atoms with Gasteiger partial charge in [0.15, 0.2) is 0 Å². The van der Waals surface area contributed by atoms with Crippen LogP contribution in [0.3, 0.4) is 0 Å². The number of carboxylic acids is 1. The number of carboxylic acid groups (broad SMARTS) is 1. The van der Waals surface area contributed by atoms with Crippen LogP contribution in [-0.4, -0.2) is 66.3 Å². The standard InChI is InChI=1S/C21H22F3N3O4/c22-21(23,24)14-5-6-18(27-9-7-26(8-10-27)11-12-28)17(13-14)25-19(29)15-3-1-2-4-16(15)20(30)31/h1-6,13,28H,7-12H2,(H,25,29)(H,30,31). The van der Waals surface area contributed by atoms with Crippen LogP contribution in [0.15, 0.2) is 42.5 Å². The average Bonchev–Trinajstić information content (AvgIpc) is 2.74. The number of nitrogens with one attached hydrogen (secondary N) is 1. The maximum atomic E-state index is 13.3. The fourth-order valence-electron chi connectivity index (χ4n) is 3.50. The molecule has 1 heterocycles. The molecule has 0 radical (unpaired) electrons. The average molecular weight is 437 g/mol. The molecule has 0 atom stereocenters. The first-order valence-corrected chi connectivity index (χ1v) is 9.64. The van der Waals surface area contributed by atoms with E-state index >= 15 is 0 Å². The van der Waals surface area contributed by atoms with Gasteiger partial charge in [-0.15, -0.1) is 0 Å². The molecule has 1 aliphatic heterocycles. The molecule has 2 aromatic carbocycles. The van der Waals surface area contributed by atoms with E-state index in [1.807, 2.05) is 9.80 Å². The Morgan fingerprint density at radius 2 is 1.65 bits per heavy atom. The molecule has 1 fully saturated rings. The summed E-state index contributed by atoms with van der Waals surface area (Å²) < 4.78 is 39.8. The number of piperazine rings is 1. The van der Waals surface area contributed by atoms with Crippen LogP contribution >= 0.6 is 0 Å². The van der Waals surface area contributed by atoms with Crippen LogP contribution in [-0.2, 0) is 6.18 Å². The predicted molar refractivity (Wildman–Crippen MR) is 109 cm³/mol. The molecule has 0 saturated carbocycles. The molecule has 0 unspecified atom stereocenters. The smallest absolute Gasteiger partial charge is 0.416 e. The van der Waals surface area contributed by atoms with E-state index in [4.69, 9.17) is 5.11 Å². The molecule has 10 heteroatoms. The van der Waals surface area contributed by atoms with Gasteiger partial charge in [-0.3, -0.25) is 9.69 Å². The molecule has 0 aromatic heterocycles. The highest BCUT2D eigenvalue weighted by Crippen LogP contribution is 2.36. The van der Waals surface area contributed by atoms with E-state index in [9.17, 15) is 27.9 Å². The number of rotatable bonds is 6. The minimum Gasteiger partial charge on any atom is -0.478 e. The minimum atomic E-state index is -4.60. The molecule has 3 rings (SSSR count). The third-order valence-electron chi connectivity index (χ3n) is 5.10. The molecule has 1 saturated heterocycles. The molecule has 2 aromatic rings. The number of hydrogen-bond acceptors (Lipinski definition) is 5. The van der Waals surface area contributed by atoms with Crippen molar-refractivity contribution in [2.75, 3.05) is 49.5 Å². The molecular formula is C21H22F3N3O4. The van der Waals surface area contributed by atoms with Gasteiger partial charge in [-0.1, -0.05) is 12.1 Å². The lowest BCUT2D eigenvalue weighted by molar-refractivity contribution is -0.137. The molecule has 7 nitrogen and oxygen atoms in total. The van der Waals surface area contributed by atoms with Crippen molar-refractivity contribution in [1.29, 1.82) is 0 Å². The fourth-order valence-corrected chi connectivity index (χ4v) is 3.50. The Morgan fingerprint density at radius 1 is 1.00 bits per heavy atom. The van der Waals surface area contributed by atoms with Gasteiger partial charge in [-0.25, -0.2) is 4.79 Å². The van der Waals surface area contributed by atoms with Crippen molar-refractivity contribution in [3.8, 4) is 0 Å². The molecule has 1 amide bonds. The van der Waals surface area contributed by atoms with E-state index in [2.05, 4.69) is 5.32 Å². The highest BCUT2D eigenvalue weighted by molar-refractivity contribution is 6.11. The summed E-state index contributed by atoms with van der Waals surface area (Å²) in [6.07, 6.45) is -4.60. The van der Waals surface area contributed by atoms with E-state index in [-0.39, 0.29) is 23.4 Å². The first-order valence-electron chi connectivity index (χ1n) is 9.64. The zero-order valence-electron chi connectivity index (χ0n) is 16.5. The maximum Gasteiger partial charge on any atom is 0.416 e. The van der Waals surface area contributed by atoms with Gasteiger partial charge >= 0.3 is 12.1 Å². The van der Waals surface area contributed by atoms with Crippen molar-refractivity contribution in [2.45, 2.75) is 6.18 Å². The van der Waals surface area contributed by atoms with E-state index < -0.39 is 23.6 Å². The Labute approximate surface area is 176 Å². The second kappa shape index (κ2) is 9.36. The number of β-amino-alcohol motifs (C(OH)–C–C–N with tert-alkyl or cyclic N) is 1. The number of nitrogens with zero attached hydrogens (tertiary/aromatic N) is 2. The molecule has 0 aliphatic carbocycles. The van der Waals surface area contributed by atoms with E-state index in [1.165, 1.54) is 30.3 Å². The fraction of sp³-hybridized carbons (Fsp3) is 0.333. The molecular weight excluding hydrogens is 415 g/mol. The van der Waals surface area contributed by atoms with Crippen LogP contribution in [0.4, 0.5) is 24.5 Å². The molecule has 0 spiro atoms. The van der Waals surface area contributed by atoms with Crippen molar-refractivity contribution in [3.63, 3.8) is 0 Å². The number of amides is 1. The number of halogens is 3. The number of alkyl halides is 3. The zero-order valence-corrected chi connectivity index (χ0v) is 16.5. The molecule has 3 N–H and O–H groups in total. The Morgan fingerprint density at radius 3 is 2.23 bits per heavy atom. The Balaban J connectivity index is 1.92. The Bertz CT molecular complexity index is 957. The SMILES string of the molecule is O=C(O)c1ccccc1C(=O)Nc1cc(C(F)(F)F)ccc1N1CCN(CCO)CC1. The van der Waals surface area contributed by atoms with Crippen LogP contribution in [0.2, 0.25) is 0 Å². The summed E-state index contributed by atoms with van der Waals surface area (Å²) in [4.78, 5) is 28.0. The van der Waals surface area contributed by atoms with Gasteiger partial charge in [0, 0.05) is 32.7 Å². The lowest BCUT2D eigenvalue weighted by Gasteiger charge is -2.36. The summed E-state index contributed by atoms with van der Waals surface area (Å²) in [5.74, 6) is -2.12. The zero-order chi connectivity index (χ0) is 22.6. The highest BCUT2D eigenvalue weighted by atomic mass is 19.4. The second-order valence-corrected chi connectivity index (χ2v) is 7.09. The minimum absolute atomic E-state index is 0.0184. The first kappa shape index (κ1) is 22.6. The van der Waals surface area contributed by atoms with Crippen molar-refractivity contribution in [3.05, 3.63) is 59.2 Å². The molecule has 166 valence electrons. The Hall–Kier alpha value is -3.11. The van der Waals surface area contributed by atoms with Gasteiger partial charge in [-0.05, 0) is 30.3 Å². The van der Waals surface area contributed by atoms with E-state index in [0.717, 1.165) is 12.1 Å². The van der Waals surface area contributed by atoms with Crippen LogP contribution in [0.1, 0.15) is 26.3 Å². The summed E-state index contributed by atoms with van der Waals surface area (Å²) in [5, 5.41) is 20.8. The third-order valence-corrected chi connectivity index (χ3v) is 5.10. The summed E-state index contributed by atoms with van der Waals surface area (Å²) in [6.45, 7) is 2.74. The van der Waals surface area contributed by atoms with Gasteiger partial charge < -0.3 is 20.4 Å². The number of carbonyl (C=O) groups is 2. The van der Waals surface area contributed by atoms with Crippen molar-refractivity contribution < 1.29 is 33.0 Å². The van der Waals surface area contributed by atoms with E-state index in [1.54, 1.807) is 0 Å². The maximum absolute atomic E-state index is 13.3. The van der Waals surface area contributed by atoms with Crippen LogP contribution in [0.5, 0.6) is 0 Å². The molecule has 1 aliphatic rings. The van der Waals surface area contributed by atoms with Crippen LogP contribution in [0.25, 0.3) is 0 Å². The molecule has 31 heavy (non-hydrogen) atoms. The number of aliphatic hydroxyl groups excluding tert-OH is 1. The van der Waals surface area contributed by atoms with Gasteiger partial charge in [-0.2, -0.15) is 13.2 Å². The van der Waals surface area contributed by atoms with E-state index in [0.29, 0.717) is 38.4 Å². The number of aliphatic hydroxyl groups is 1. The number of carbonyl (C=O) groups excluding carboxylic acids is 1. The van der Waals surface area contributed by atoms with Crippen molar-refractivity contribution in [2.24, 2.45) is 0 Å². The van der Waals surface area contributed by atoms with Gasteiger partial charge in [0.05, 0.1) is 34.7 Å². The largest absolute Gasteiger partial charge is 0.478 e. The van der Waals surface area contributed by atoms with Crippen molar-refractivity contribution in [1.82, 2.24) is 4.90 Å². The molecule has 0 bridgehead atoms. The third kappa shape index (κ3) is 5.33. The number of benzene rings is 2. The van der Waals surface area contributed by atoms with Gasteiger partial charge in [0.1, 0.15) is 0 Å². The highest BCUT2D eigenvalue weighted by Gasteiger charge is 2.32. The topological polar surface area (TPSA) is 93.1 Å². The monoisotopic (exact) mass is 437 g/mol. The summed E-state index contributed by atoms with van der Waals surface area (Å²) in [6, 6.07) is 8.62. The Kier molecular flexibility index (Phi) is 6.81. The van der Waals surface area contributed by atoms with Gasteiger partial charge in [0.25, 0.3) is 5.91 Å². The summed E-state index contributed by atoms with van der Waals surface area (Å²) >= 11 is 0. The quantitative estimate of drug-likeness (QED) is 0.644. The summed E-state index contributed by atoms with van der Waals surface area (Å²) in [5.41, 5.74) is -0.942. The summed E-state index contributed by atoms with van der Waals surface area (Å²) in [7, 11) is 0.